The predicted octanol–water partition coefficient (Wildman–Crippen LogP) is 2.37. The first kappa shape index (κ1) is 21.8. The number of aryl methyl sites for hydroxylation is 1. The van der Waals surface area contributed by atoms with Gasteiger partial charge in [-0.3, -0.25) is 9.52 Å². The third kappa shape index (κ3) is 5.00. The first-order valence-corrected chi connectivity index (χ1v) is 12.5. The summed E-state index contributed by atoms with van der Waals surface area (Å²) in [5, 5.41) is 0.553. The highest BCUT2D eigenvalue weighted by Crippen LogP contribution is 2.26. The van der Waals surface area contributed by atoms with Gasteiger partial charge in [0, 0.05) is 24.3 Å². The molecule has 1 aromatic carbocycles. The molecule has 0 radical (unpaired) electrons. The molecule has 2 aromatic rings. The molecule has 2 heterocycles. The fraction of sp³-hybridized carbons (Fsp3) is 0.294. The summed E-state index contributed by atoms with van der Waals surface area (Å²) in [4.78, 5) is 18.1. The number of aromatic nitrogens is 1. The van der Waals surface area contributed by atoms with Crippen LogP contribution in [0.25, 0.3) is 0 Å². The standard InChI is InChI=1S/C17H17Cl2N3O5S2/c1-11-8-13(2-3-14(11)19)29(26,27)21-15-9-12(18)10-20-16(15)17(23)22-4-6-28(24,25)7-5-22/h2-3,8-10,21H,4-7H2,1H3. The number of hydrogen-bond acceptors (Lipinski definition) is 6. The minimum atomic E-state index is -4.05. The van der Waals surface area contributed by atoms with Crippen molar-refractivity contribution >= 4 is 54.7 Å². The van der Waals surface area contributed by atoms with Crippen LogP contribution in [-0.4, -0.2) is 57.2 Å². The highest BCUT2D eigenvalue weighted by atomic mass is 35.5. The molecule has 1 aliphatic rings. The lowest BCUT2D eigenvalue weighted by molar-refractivity contribution is 0.0765. The van der Waals surface area contributed by atoms with Crippen LogP contribution in [0.2, 0.25) is 10.0 Å². The van der Waals surface area contributed by atoms with Crippen LogP contribution in [0.1, 0.15) is 16.1 Å². The Bertz CT molecular complexity index is 1170. The van der Waals surface area contributed by atoms with Crippen molar-refractivity contribution in [2.24, 2.45) is 0 Å². The van der Waals surface area contributed by atoms with Crippen molar-refractivity contribution in [2.75, 3.05) is 29.3 Å². The number of rotatable bonds is 4. The van der Waals surface area contributed by atoms with Gasteiger partial charge in [0.05, 0.1) is 27.1 Å². The Labute approximate surface area is 178 Å². The van der Waals surface area contributed by atoms with E-state index in [4.69, 9.17) is 23.2 Å². The summed E-state index contributed by atoms with van der Waals surface area (Å²) in [5.74, 6) is -0.893. The molecular weight excluding hydrogens is 461 g/mol. The molecule has 0 atom stereocenters. The van der Waals surface area contributed by atoms with Gasteiger partial charge in [-0.2, -0.15) is 0 Å². The fourth-order valence-electron chi connectivity index (χ4n) is 2.74. The number of hydrogen-bond donors (Lipinski definition) is 1. The van der Waals surface area contributed by atoms with Crippen molar-refractivity contribution in [3.63, 3.8) is 0 Å². The minimum Gasteiger partial charge on any atom is -0.335 e. The molecule has 0 saturated carbocycles. The van der Waals surface area contributed by atoms with Gasteiger partial charge in [-0.05, 0) is 36.8 Å². The Kier molecular flexibility index (Phi) is 6.09. The van der Waals surface area contributed by atoms with Crippen LogP contribution in [-0.2, 0) is 19.9 Å². The zero-order valence-corrected chi connectivity index (χ0v) is 18.4. The van der Waals surface area contributed by atoms with Crippen LogP contribution in [0, 0.1) is 6.92 Å². The number of nitrogens with one attached hydrogen (secondary N) is 1. The summed E-state index contributed by atoms with van der Waals surface area (Å²) in [7, 11) is -7.23. The van der Waals surface area contributed by atoms with E-state index in [0.717, 1.165) is 0 Å². The Morgan fingerprint density at radius 1 is 1.17 bits per heavy atom. The number of benzene rings is 1. The van der Waals surface area contributed by atoms with Gasteiger partial charge in [0.1, 0.15) is 0 Å². The number of amides is 1. The van der Waals surface area contributed by atoms with Gasteiger partial charge in [0.15, 0.2) is 15.5 Å². The monoisotopic (exact) mass is 477 g/mol. The lowest BCUT2D eigenvalue weighted by Crippen LogP contribution is -2.44. The summed E-state index contributed by atoms with van der Waals surface area (Å²) in [5.41, 5.74) is 0.316. The third-order valence-electron chi connectivity index (χ3n) is 4.37. The van der Waals surface area contributed by atoms with Crippen LogP contribution < -0.4 is 4.72 Å². The molecule has 0 spiro atoms. The summed E-state index contributed by atoms with van der Waals surface area (Å²) in [6.07, 6.45) is 1.22. The Balaban J connectivity index is 1.93. The second-order valence-electron chi connectivity index (χ2n) is 6.51. The van der Waals surface area contributed by atoms with Gasteiger partial charge in [0.2, 0.25) is 0 Å². The smallest absolute Gasteiger partial charge is 0.274 e. The number of anilines is 1. The molecule has 1 saturated heterocycles. The van der Waals surface area contributed by atoms with Crippen LogP contribution in [0.4, 0.5) is 5.69 Å². The van der Waals surface area contributed by atoms with E-state index in [-0.39, 0.29) is 45.9 Å². The quantitative estimate of drug-likeness (QED) is 0.722. The number of carbonyl (C=O) groups is 1. The van der Waals surface area contributed by atoms with Gasteiger partial charge >= 0.3 is 0 Å². The third-order valence-corrected chi connectivity index (χ3v) is 7.98. The van der Waals surface area contributed by atoms with Crippen molar-refractivity contribution in [3.8, 4) is 0 Å². The second kappa shape index (κ2) is 8.10. The second-order valence-corrected chi connectivity index (χ2v) is 11.3. The van der Waals surface area contributed by atoms with E-state index in [1.54, 1.807) is 6.92 Å². The highest BCUT2D eigenvalue weighted by molar-refractivity contribution is 7.92. The van der Waals surface area contributed by atoms with E-state index >= 15 is 0 Å². The first-order valence-electron chi connectivity index (χ1n) is 8.43. The molecule has 29 heavy (non-hydrogen) atoms. The molecular formula is C17H17Cl2N3O5S2. The van der Waals surface area contributed by atoms with Gasteiger partial charge in [-0.25, -0.2) is 21.8 Å². The van der Waals surface area contributed by atoms with Crippen LogP contribution in [0.15, 0.2) is 35.4 Å². The Morgan fingerprint density at radius 3 is 2.45 bits per heavy atom. The van der Waals surface area contributed by atoms with E-state index < -0.39 is 25.8 Å². The van der Waals surface area contributed by atoms with Crippen LogP contribution >= 0.6 is 23.2 Å². The molecule has 1 fully saturated rings. The molecule has 0 aliphatic carbocycles. The average Bonchev–Trinajstić information content (AvgIpc) is 2.63. The number of carbonyl (C=O) groups excluding carboxylic acids is 1. The summed E-state index contributed by atoms with van der Waals surface area (Å²) in [6, 6.07) is 5.48. The summed E-state index contributed by atoms with van der Waals surface area (Å²) < 4.78 is 51.1. The number of halogens is 2. The average molecular weight is 478 g/mol. The van der Waals surface area contributed by atoms with E-state index in [9.17, 15) is 21.6 Å². The van der Waals surface area contributed by atoms with E-state index in [1.165, 1.54) is 35.4 Å². The van der Waals surface area contributed by atoms with Crippen molar-refractivity contribution in [2.45, 2.75) is 11.8 Å². The molecule has 1 aliphatic heterocycles. The largest absolute Gasteiger partial charge is 0.335 e. The minimum absolute atomic E-state index is 0.00798. The number of sulfone groups is 1. The maximum absolute atomic E-state index is 12.8. The van der Waals surface area contributed by atoms with E-state index in [1.807, 2.05) is 0 Å². The number of sulfonamides is 1. The lowest BCUT2D eigenvalue weighted by atomic mass is 10.2. The summed E-state index contributed by atoms with van der Waals surface area (Å²) in [6.45, 7) is 1.68. The molecule has 12 heteroatoms. The highest BCUT2D eigenvalue weighted by Gasteiger charge is 2.29. The van der Waals surface area contributed by atoms with Gasteiger partial charge in [-0.1, -0.05) is 23.2 Å². The molecule has 1 aromatic heterocycles. The summed E-state index contributed by atoms with van der Waals surface area (Å²) >= 11 is 11.9. The number of pyridine rings is 1. The van der Waals surface area contributed by atoms with Crippen molar-refractivity contribution in [1.29, 1.82) is 0 Å². The predicted molar refractivity (Wildman–Crippen MR) is 111 cm³/mol. The maximum Gasteiger partial charge on any atom is 0.274 e. The molecule has 156 valence electrons. The van der Waals surface area contributed by atoms with E-state index in [2.05, 4.69) is 9.71 Å². The van der Waals surface area contributed by atoms with Crippen molar-refractivity contribution < 1.29 is 21.6 Å². The Morgan fingerprint density at radius 2 is 1.83 bits per heavy atom. The van der Waals surface area contributed by atoms with Crippen LogP contribution in [0.3, 0.4) is 0 Å². The van der Waals surface area contributed by atoms with Crippen molar-refractivity contribution in [1.82, 2.24) is 9.88 Å². The lowest BCUT2D eigenvalue weighted by Gasteiger charge is -2.27. The normalized spacial score (nSPS) is 16.4. The molecule has 0 bridgehead atoms. The van der Waals surface area contributed by atoms with Crippen LogP contribution in [0.5, 0.6) is 0 Å². The molecule has 0 unspecified atom stereocenters. The maximum atomic E-state index is 12.8. The van der Waals surface area contributed by atoms with Gasteiger partial charge in [-0.15, -0.1) is 0 Å². The first-order chi connectivity index (χ1) is 13.5. The zero-order valence-electron chi connectivity index (χ0n) is 15.2. The van der Waals surface area contributed by atoms with Gasteiger partial charge < -0.3 is 4.90 Å². The SMILES string of the molecule is Cc1cc(S(=O)(=O)Nc2cc(Cl)cnc2C(=O)N2CCS(=O)(=O)CC2)ccc1Cl. The molecule has 3 rings (SSSR count). The topological polar surface area (TPSA) is 114 Å². The van der Waals surface area contributed by atoms with Crippen molar-refractivity contribution in [3.05, 3.63) is 51.8 Å². The molecule has 1 amide bonds. The molecule has 1 N–H and O–H groups in total. The zero-order chi connectivity index (χ0) is 21.4. The Hall–Kier alpha value is -1.88. The fourth-order valence-corrected chi connectivity index (χ4v) is 5.36. The molecule has 8 nitrogen and oxygen atoms in total. The number of nitrogens with zero attached hydrogens (tertiary/aromatic N) is 2. The van der Waals surface area contributed by atoms with E-state index in [0.29, 0.717) is 10.6 Å². The van der Waals surface area contributed by atoms with Gasteiger partial charge in [0.25, 0.3) is 15.9 Å².